The number of halogens is 1. The molecule has 23 heavy (non-hydrogen) atoms. The van der Waals surface area contributed by atoms with Gasteiger partial charge in [-0.25, -0.2) is 0 Å². The minimum Gasteiger partial charge on any atom is -0.497 e. The van der Waals surface area contributed by atoms with Crippen LogP contribution in [0.15, 0.2) is 46.9 Å². The van der Waals surface area contributed by atoms with Crippen LogP contribution in [-0.2, 0) is 0 Å². The van der Waals surface area contributed by atoms with E-state index in [0.717, 1.165) is 40.9 Å². The van der Waals surface area contributed by atoms with E-state index in [1.807, 2.05) is 42.2 Å². The van der Waals surface area contributed by atoms with Crippen molar-refractivity contribution in [3.05, 3.63) is 63.6 Å². The summed E-state index contributed by atoms with van der Waals surface area (Å²) >= 11 is 3.45. The van der Waals surface area contributed by atoms with Gasteiger partial charge in [-0.3, -0.25) is 4.79 Å². The Bertz CT molecular complexity index is 712. The average Bonchev–Trinajstić information content (AvgIpc) is 3.04. The SMILES string of the molecule is COc1ccc(C2CCN(C(=O)c3ccc(Br)cc3C)C2)cc1. The van der Waals surface area contributed by atoms with Gasteiger partial charge in [-0.05, 0) is 54.8 Å². The molecular formula is C19H20BrNO2. The van der Waals surface area contributed by atoms with E-state index in [0.29, 0.717) is 5.92 Å². The Balaban J connectivity index is 1.72. The molecule has 3 rings (SSSR count). The maximum atomic E-state index is 12.7. The summed E-state index contributed by atoms with van der Waals surface area (Å²) in [4.78, 5) is 14.7. The molecule has 0 bridgehead atoms. The number of nitrogens with zero attached hydrogens (tertiary/aromatic N) is 1. The van der Waals surface area contributed by atoms with E-state index in [9.17, 15) is 4.79 Å². The summed E-state index contributed by atoms with van der Waals surface area (Å²) in [6.07, 6.45) is 1.01. The van der Waals surface area contributed by atoms with Crippen molar-refractivity contribution in [3.8, 4) is 5.75 Å². The first kappa shape index (κ1) is 16.1. The molecule has 1 aliphatic rings. The highest BCUT2D eigenvalue weighted by molar-refractivity contribution is 9.10. The van der Waals surface area contributed by atoms with Crippen LogP contribution in [0, 0.1) is 6.92 Å². The molecule has 2 aromatic carbocycles. The van der Waals surface area contributed by atoms with Crippen molar-refractivity contribution in [1.29, 1.82) is 0 Å². The maximum Gasteiger partial charge on any atom is 0.254 e. The third-order valence-electron chi connectivity index (χ3n) is 4.48. The third-order valence-corrected chi connectivity index (χ3v) is 4.97. The third kappa shape index (κ3) is 3.42. The van der Waals surface area contributed by atoms with Gasteiger partial charge in [-0.1, -0.05) is 28.1 Å². The zero-order chi connectivity index (χ0) is 16.4. The Morgan fingerprint density at radius 1 is 1.22 bits per heavy atom. The average molecular weight is 374 g/mol. The molecule has 1 heterocycles. The predicted octanol–water partition coefficient (Wildman–Crippen LogP) is 4.40. The number of amides is 1. The van der Waals surface area contributed by atoms with Crippen molar-refractivity contribution in [3.63, 3.8) is 0 Å². The van der Waals surface area contributed by atoms with Crippen LogP contribution in [0.25, 0.3) is 0 Å². The molecule has 1 aliphatic heterocycles. The largest absolute Gasteiger partial charge is 0.497 e. The van der Waals surface area contributed by atoms with Crippen molar-refractivity contribution in [1.82, 2.24) is 4.90 Å². The number of benzene rings is 2. The molecular weight excluding hydrogens is 354 g/mol. The summed E-state index contributed by atoms with van der Waals surface area (Å²) in [5.74, 6) is 1.40. The van der Waals surface area contributed by atoms with Crippen LogP contribution in [0.5, 0.6) is 5.75 Å². The zero-order valence-corrected chi connectivity index (χ0v) is 15.0. The van der Waals surface area contributed by atoms with Gasteiger partial charge in [0.15, 0.2) is 0 Å². The summed E-state index contributed by atoms with van der Waals surface area (Å²) in [7, 11) is 1.67. The van der Waals surface area contributed by atoms with E-state index in [2.05, 4.69) is 28.1 Å². The molecule has 0 saturated carbocycles. The fourth-order valence-corrected chi connectivity index (χ4v) is 3.61. The van der Waals surface area contributed by atoms with E-state index in [1.54, 1.807) is 7.11 Å². The summed E-state index contributed by atoms with van der Waals surface area (Å²) in [5, 5.41) is 0. The normalized spacial score (nSPS) is 17.3. The zero-order valence-electron chi connectivity index (χ0n) is 13.4. The fraction of sp³-hybridized carbons (Fsp3) is 0.316. The summed E-state index contributed by atoms with van der Waals surface area (Å²) < 4.78 is 6.21. The van der Waals surface area contributed by atoms with Crippen molar-refractivity contribution in [2.75, 3.05) is 20.2 Å². The Hall–Kier alpha value is -1.81. The first-order valence-electron chi connectivity index (χ1n) is 7.78. The molecule has 0 N–H and O–H groups in total. The van der Waals surface area contributed by atoms with E-state index < -0.39 is 0 Å². The highest BCUT2D eigenvalue weighted by atomic mass is 79.9. The molecule has 1 unspecified atom stereocenters. The number of ether oxygens (including phenoxy) is 1. The lowest BCUT2D eigenvalue weighted by molar-refractivity contribution is 0.0790. The molecule has 1 fully saturated rings. The Morgan fingerprint density at radius 2 is 1.96 bits per heavy atom. The van der Waals surface area contributed by atoms with Crippen molar-refractivity contribution < 1.29 is 9.53 Å². The van der Waals surface area contributed by atoms with E-state index >= 15 is 0 Å². The Kier molecular flexibility index (Phi) is 4.71. The van der Waals surface area contributed by atoms with Crippen molar-refractivity contribution in [2.45, 2.75) is 19.3 Å². The molecule has 1 atom stereocenters. The number of hydrogen-bond donors (Lipinski definition) is 0. The molecule has 1 amide bonds. The van der Waals surface area contributed by atoms with Gasteiger partial charge in [0, 0.05) is 29.0 Å². The van der Waals surface area contributed by atoms with Gasteiger partial charge in [-0.2, -0.15) is 0 Å². The number of rotatable bonds is 3. The number of likely N-dealkylation sites (tertiary alicyclic amines) is 1. The van der Waals surface area contributed by atoms with Gasteiger partial charge in [-0.15, -0.1) is 0 Å². The highest BCUT2D eigenvalue weighted by Crippen LogP contribution is 2.30. The minimum atomic E-state index is 0.131. The van der Waals surface area contributed by atoms with E-state index in [1.165, 1.54) is 5.56 Å². The second-order valence-corrected chi connectivity index (χ2v) is 6.88. The molecule has 4 heteroatoms. The number of methoxy groups -OCH3 is 1. The number of carbonyl (C=O) groups is 1. The number of carbonyl (C=O) groups excluding carboxylic acids is 1. The first-order chi connectivity index (χ1) is 11.1. The van der Waals surface area contributed by atoms with Crippen LogP contribution in [0.2, 0.25) is 0 Å². The standard InChI is InChI=1S/C19H20BrNO2/c1-13-11-16(20)5-8-18(13)19(22)21-10-9-15(12-21)14-3-6-17(23-2)7-4-14/h3-8,11,15H,9-10,12H2,1-2H3. The summed E-state index contributed by atoms with van der Waals surface area (Å²) in [6.45, 7) is 3.57. The topological polar surface area (TPSA) is 29.5 Å². The smallest absolute Gasteiger partial charge is 0.254 e. The van der Waals surface area contributed by atoms with Crippen LogP contribution >= 0.6 is 15.9 Å². The van der Waals surface area contributed by atoms with Crippen LogP contribution in [0.1, 0.15) is 33.8 Å². The lowest BCUT2D eigenvalue weighted by atomic mass is 9.98. The quantitative estimate of drug-likeness (QED) is 0.797. The molecule has 0 radical (unpaired) electrons. The van der Waals surface area contributed by atoms with E-state index in [4.69, 9.17) is 4.74 Å². The van der Waals surface area contributed by atoms with Crippen LogP contribution in [0.4, 0.5) is 0 Å². The van der Waals surface area contributed by atoms with Crippen molar-refractivity contribution in [2.24, 2.45) is 0 Å². The van der Waals surface area contributed by atoms with Gasteiger partial charge >= 0.3 is 0 Å². The summed E-state index contributed by atoms with van der Waals surface area (Å²) in [5.41, 5.74) is 3.08. The van der Waals surface area contributed by atoms with Gasteiger partial charge < -0.3 is 9.64 Å². The van der Waals surface area contributed by atoms with Crippen LogP contribution < -0.4 is 4.74 Å². The van der Waals surface area contributed by atoms with Gasteiger partial charge in [0.05, 0.1) is 7.11 Å². The summed E-state index contributed by atoms with van der Waals surface area (Å²) in [6, 6.07) is 14.0. The molecule has 1 saturated heterocycles. The second kappa shape index (κ2) is 6.75. The van der Waals surface area contributed by atoms with E-state index in [-0.39, 0.29) is 5.91 Å². The van der Waals surface area contributed by atoms with Gasteiger partial charge in [0.25, 0.3) is 5.91 Å². The fourth-order valence-electron chi connectivity index (χ4n) is 3.13. The lowest BCUT2D eigenvalue weighted by Gasteiger charge is -2.18. The minimum absolute atomic E-state index is 0.131. The Labute approximate surface area is 145 Å². The number of aryl methyl sites for hydroxylation is 1. The number of hydrogen-bond acceptors (Lipinski definition) is 2. The molecule has 0 aromatic heterocycles. The second-order valence-electron chi connectivity index (χ2n) is 5.97. The van der Waals surface area contributed by atoms with Crippen LogP contribution in [-0.4, -0.2) is 31.0 Å². The van der Waals surface area contributed by atoms with Crippen LogP contribution in [0.3, 0.4) is 0 Å². The highest BCUT2D eigenvalue weighted by Gasteiger charge is 2.28. The molecule has 2 aromatic rings. The Morgan fingerprint density at radius 3 is 2.61 bits per heavy atom. The monoisotopic (exact) mass is 373 g/mol. The van der Waals surface area contributed by atoms with Gasteiger partial charge in [0.2, 0.25) is 0 Å². The van der Waals surface area contributed by atoms with Gasteiger partial charge in [0.1, 0.15) is 5.75 Å². The van der Waals surface area contributed by atoms with Crippen molar-refractivity contribution >= 4 is 21.8 Å². The lowest BCUT2D eigenvalue weighted by Crippen LogP contribution is -2.29. The first-order valence-corrected chi connectivity index (χ1v) is 8.57. The predicted molar refractivity (Wildman–Crippen MR) is 95.1 cm³/mol. The molecule has 0 aliphatic carbocycles. The maximum absolute atomic E-state index is 12.7. The molecule has 3 nitrogen and oxygen atoms in total. The molecule has 120 valence electrons. The molecule has 0 spiro atoms.